The first kappa shape index (κ1) is 11.7. The zero-order valence-corrected chi connectivity index (χ0v) is 10.2. The fraction of sp³-hybridized carbons (Fsp3) is 0.300. The van der Waals surface area contributed by atoms with Crippen LogP contribution in [-0.4, -0.2) is 19.7 Å². The summed E-state index contributed by atoms with van der Waals surface area (Å²) in [5.74, 6) is 0.891. The second kappa shape index (κ2) is 4.58. The maximum atomic E-state index is 5.88. The van der Waals surface area contributed by atoms with Gasteiger partial charge in [-0.1, -0.05) is 11.6 Å². The van der Waals surface area contributed by atoms with Crippen LogP contribution in [-0.2, 0) is 0 Å². The molecule has 0 fully saturated rings. The van der Waals surface area contributed by atoms with Crippen LogP contribution in [0.2, 0.25) is 5.02 Å². The lowest BCUT2D eigenvalue weighted by molar-refractivity contribution is 0.459. The van der Waals surface area contributed by atoms with Crippen molar-refractivity contribution in [2.45, 2.75) is 19.9 Å². The number of rotatable bonds is 3. The van der Waals surface area contributed by atoms with Crippen LogP contribution in [0, 0.1) is 0 Å². The third-order valence-electron chi connectivity index (χ3n) is 2.05. The molecule has 2 aromatic heterocycles. The van der Waals surface area contributed by atoms with E-state index in [2.05, 4.69) is 15.1 Å². The number of nitrogens with two attached hydrogens (primary N) is 1. The molecule has 7 heteroatoms. The number of halogens is 1. The molecule has 2 rings (SSSR count). The van der Waals surface area contributed by atoms with Crippen LogP contribution >= 0.6 is 11.6 Å². The topological polar surface area (TPSA) is 78.9 Å². The van der Waals surface area contributed by atoms with Crippen LogP contribution in [0.4, 0.5) is 5.95 Å². The number of ether oxygens (including phenoxy) is 1. The fourth-order valence-corrected chi connectivity index (χ4v) is 1.33. The summed E-state index contributed by atoms with van der Waals surface area (Å²) in [5, 5.41) is 4.44. The van der Waals surface area contributed by atoms with Crippen molar-refractivity contribution in [2.24, 2.45) is 0 Å². The van der Waals surface area contributed by atoms with Gasteiger partial charge in [0.1, 0.15) is 5.02 Å². The fourth-order valence-electron chi connectivity index (χ4n) is 1.20. The van der Waals surface area contributed by atoms with Crippen LogP contribution in [0.3, 0.4) is 0 Å². The van der Waals surface area contributed by atoms with Gasteiger partial charge in [0, 0.05) is 6.04 Å². The van der Waals surface area contributed by atoms with Crippen molar-refractivity contribution in [3.8, 4) is 11.6 Å². The molecule has 0 aliphatic rings. The summed E-state index contributed by atoms with van der Waals surface area (Å²) >= 11 is 5.88. The number of nitrogen functional groups attached to an aromatic ring is 1. The molecule has 2 aromatic rings. The smallest absolute Gasteiger partial charge is 0.243 e. The lowest BCUT2D eigenvalue weighted by Crippen LogP contribution is -2.00. The Morgan fingerprint density at radius 2 is 2.18 bits per heavy atom. The van der Waals surface area contributed by atoms with E-state index >= 15 is 0 Å². The molecule has 0 aliphatic heterocycles. The average Bonchev–Trinajstić information content (AvgIpc) is 2.72. The lowest BCUT2D eigenvalue weighted by Gasteiger charge is -2.05. The molecular weight excluding hydrogens is 242 g/mol. The number of hydrogen-bond acceptors (Lipinski definition) is 5. The minimum absolute atomic E-state index is 0.112. The van der Waals surface area contributed by atoms with Gasteiger partial charge in [0.2, 0.25) is 11.8 Å². The molecular formula is C10H12ClN5O. The van der Waals surface area contributed by atoms with Crippen LogP contribution in [0.5, 0.6) is 11.6 Å². The van der Waals surface area contributed by atoms with Gasteiger partial charge in [-0.05, 0) is 13.8 Å². The second-order valence-corrected chi connectivity index (χ2v) is 4.14. The minimum Gasteiger partial charge on any atom is -0.434 e. The third kappa shape index (κ3) is 2.65. The highest BCUT2D eigenvalue weighted by atomic mass is 35.5. The minimum atomic E-state index is 0.112. The normalized spacial score (nSPS) is 10.8. The molecule has 90 valence electrons. The molecule has 0 saturated carbocycles. The molecule has 0 unspecified atom stereocenters. The van der Waals surface area contributed by atoms with Gasteiger partial charge >= 0.3 is 0 Å². The Kier molecular flexibility index (Phi) is 3.14. The molecule has 0 radical (unpaired) electrons. The van der Waals surface area contributed by atoms with Crippen LogP contribution < -0.4 is 10.5 Å². The first-order valence-corrected chi connectivity index (χ1v) is 5.44. The van der Waals surface area contributed by atoms with Crippen LogP contribution in [0.15, 0.2) is 18.6 Å². The highest BCUT2D eigenvalue weighted by Gasteiger charge is 2.09. The van der Waals surface area contributed by atoms with E-state index in [0.717, 1.165) is 0 Å². The van der Waals surface area contributed by atoms with Crippen molar-refractivity contribution in [3.05, 3.63) is 23.6 Å². The summed E-state index contributed by atoms with van der Waals surface area (Å²) in [4.78, 5) is 7.65. The zero-order valence-electron chi connectivity index (χ0n) is 9.46. The number of nitrogens with zero attached hydrogens (tertiary/aromatic N) is 4. The standard InChI is InChI=1S/C10H12ClN5O/c1-6(2)16-5-7(3-14-16)17-9-8(11)4-13-10(12)15-9/h3-6H,1-2H3,(H2,12,13,15). The maximum absolute atomic E-state index is 5.88. The summed E-state index contributed by atoms with van der Waals surface area (Å²) in [6, 6.07) is 0.262. The molecule has 0 saturated heterocycles. The van der Waals surface area contributed by atoms with E-state index < -0.39 is 0 Å². The molecule has 0 atom stereocenters. The Hall–Kier alpha value is -1.82. The van der Waals surface area contributed by atoms with Gasteiger partial charge in [-0.25, -0.2) is 4.98 Å². The predicted molar refractivity (Wildman–Crippen MR) is 64.1 cm³/mol. The Labute approximate surface area is 103 Å². The Balaban J connectivity index is 2.22. The van der Waals surface area contributed by atoms with Gasteiger partial charge in [0.15, 0.2) is 5.75 Å². The van der Waals surface area contributed by atoms with Gasteiger partial charge in [0.25, 0.3) is 0 Å². The van der Waals surface area contributed by atoms with Crippen molar-refractivity contribution < 1.29 is 4.74 Å². The van der Waals surface area contributed by atoms with Crippen LogP contribution in [0.25, 0.3) is 0 Å². The lowest BCUT2D eigenvalue weighted by atomic mass is 10.4. The van der Waals surface area contributed by atoms with E-state index in [1.165, 1.54) is 6.20 Å². The highest BCUT2D eigenvalue weighted by Crippen LogP contribution is 2.26. The molecule has 2 heterocycles. The van der Waals surface area contributed by atoms with Crippen molar-refractivity contribution in [1.82, 2.24) is 19.7 Å². The SMILES string of the molecule is CC(C)n1cc(Oc2nc(N)ncc2Cl)cn1. The van der Waals surface area contributed by atoms with Gasteiger partial charge in [0.05, 0.1) is 18.6 Å². The predicted octanol–water partition coefficient (Wildman–Crippen LogP) is 2.28. The van der Waals surface area contributed by atoms with Gasteiger partial charge in [-0.3, -0.25) is 4.68 Å². The summed E-state index contributed by atoms with van der Waals surface area (Å²) in [7, 11) is 0. The molecule has 0 aromatic carbocycles. The van der Waals surface area contributed by atoms with Crippen molar-refractivity contribution in [2.75, 3.05) is 5.73 Å². The van der Waals surface area contributed by atoms with E-state index in [1.807, 2.05) is 13.8 Å². The van der Waals surface area contributed by atoms with Gasteiger partial charge < -0.3 is 10.5 Å². The summed E-state index contributed by atoms with van der Waals surface area (Å²) in [6.45, 7) is 4.04. The first-order valence-electron chi connectivity index (χ1n) is 5.06. The largest absolute Gasteiger partial charge is 0.434 e. The number of hydrogen-bond donors (Lipinski definition) is 1. The van der Waals surface area contributed by atoms with Gasteiger partial charge in [-0.2, -0.15) is 10.1 Å². The summed E-state index contributed by atoms with van der Waals surface area (Å²) in [6.07, 6.45) is 4.75. The van der Waals surface area contributed by atoms with E-state index in [9.17, 15) is 0 Å². The van der Waals surface area contributed by atoms with Crippen molar-refractivity contribution in [1.29, 1.82) is 0 Å². The van der Waals surface area contributed by atoms with E-state index in [4.69, 9.17) is 22.1 Å². The molecule has 0 bridgehead atoms. The monoisotopic (exact) mass is 253 g/mol. The summed E-state index contributed by atoms with van der Waals surface area (Å²) in [5.41, 5.74) is 5.45. The molecule has 6 nitrogen and oxygen atoms in total. The van der Waals surface area contributed by atoms with E-state index in [0.29, 0.717) is 10.8 Å². The number of anilines is 1. The second-order valence-electron chi connectivity index (χ2n) is 3.73. The quantitative estimate of drug-likeness (QED) is 0.908. The molecule has 0 amide bonds. The van der Waals surface area contributed by atoms with Crippen molar-refractivity contribution in [3.63, 3.8) is 0 Å². The maximum Gasteiger partial charge on any atom is 0.243 e. The molecule has 2 N–H and O–H groups in total. The molecule has 0 spiro atoms. The molecule has 0 aliphatic carbocycles. The zero-order chi connectivity index (χ0) is 12.4. The van der Waals surface area contributed by atoms with E-state index in [-0.39, 0.29) is 17.9 Å². The number of aromatic nitrogens is 4. The molecule has 17 heavy (non-hydrogen) atoms. The van der Waals surface area contributed by atoms with Crippen LogP contribution in [0.1, 0.15) is 19.9 Å². The Bertz CT molecular complexity index is 525. The highest BCUT2D eigenvalue weighted by molar-refractivity contribution is 6.31. The Morgan fingerprint density at radius 3 is 2.82 bits per heavy atom. The average molecular weight is 254 g/mol. The Morgan fingerprint density at radius 1 is 1.41 bits per heavy atom. The van der Waals surface area contributed by atoms with Gasteiger partial charge in [-0.15, -0.1) is 0 Å². The third-order valence-corrected chi connectivity index (χ3v) is 2.31. The van der Waals surface area contributed by atoms with Crippen molar-refractivity contribution >= 4 is 17.5 Å². The van der Waals surface area contributed by atoms with E-state index in [1.54, 1.807) is 17.1 Å². The summed E-state index contributed by atoms with van der Waals surface area (Å²) < 4.78 is 7.25. The first-order chi connectivity index (χ1) is 8.06.